The van der Waals surface area contributed by atoms with Crippen molar-refractivity contribution in [3.8, 4) is 0 Å². The molecule has 1 unspecified atom stereocenters. The molecule has 6 nitrogen and oxygen atoms in total. The third-order valence-corrected chi connectivity index (χ3v) is 2.84. The minimum absolute atomic E-state index is 0.261. The molecule has 16 heavy (non-hydrogen) atoms. The molecule has 1 aromatic heterocycles. The summed E-state index contributed by atoms with van der Waals surface area (Å²) in [7, 11) is 0. The monoisotopic (exact) mass is 224 g/mol. The Bertz CT molecular complexity index is 333. The molecule has 1 atom stereocenters. The third kappa shape index (κ3) is 2.59. The van der Waals surface area contributed by atoms with Crippen LogP contribution in [0.1, 0.15) is 24.4 Å². The maximum absolute atomic E-state index is 11.2. The van der Waals surface area contributed by atoms with Crippen molar-refractivity contribution in [1.29, 1.82) is 0 Å². The molecule has 88 valence electrons. The van der Waals surface area contributed by atoms with E-state index in [0.717, 1.165) is 25.9 Å². The molecule has 0 amide bonds. The van der Waals surface area contributed by atoms with Gasteiger partial charge >= 0.3 is 5.97 Å². The van der Waals surface area contributed by atoms with Gasteiger partial charge in [0.25, 0.3) is 0 Å². The van der Waals surface area contributed by atoms with Crippen molar-refractivity contribution in [2.24, 2.45) is 0 Å². The lowest BCUT2D eigenvalue weighted by Crippen LogP contribution is -2.43. The average Bonchev–Trinajstić information content (AvgIpc) is 2.80. The summed E-state index contributed by atoms with van der Waals surface area (Å²) in [6.07, 6.45) is 5.09. The van der Waals surface area contributed by atoms with E-state index in [4.69, 9.17) is 5.11 Å². The van der Waals surface area contributed by atoms with Gasteiger partial charge < -0.3 is 10.4 Å². The molecule has 1 aliphatic heterocycles. The van der Waals surface area contributed by atoms with E-state index in [2.05, 4.69) is 20.8 Å². The van der Waals surface area contributed by atoms with Crippen LogP contribution in [0, 0.1) is 0 Å². The number of hydrogen-bond donors (Lipinski definition) is 4. The van der Waals surface area contributed by atoms with Gasteiger partial charge in [0, 0.05) is 17.8 Å². The van der Waals surface area contributed by atoms with Crippen molar-refractivity contribution in [2.45, 2.75) is 24.9 Å². The fraction of sp³-hybridized carbons (Fsp3) is 0.600. The SMILES string of the molecule is O=C(O)C(NC1CCNCC1)c1cn[nH]c1. The first kappa shape index (κ1) is 11.1. The van der Waals surface area contributed by atoms with E-state index in [9.17, 15) is 4.79 Å². The lowest BCUT2D eigenvalue weighted by Gasteiger charge is -2.26. The minimum atomic E-state index is -0.861. The number of carboxylic acids is 1. The molecule has 0 bridgehead atoms. The van der Waals surface area contributed by atoms with Crippen molar-refractivity contribution >= 4 is 5.97 Å². The summed E-state index contributed by atoms with van der Waals surface area (Å²) in [5.41, 5.74) is 0.672. The van der Waals surface area contributed by atoms with E-state index in [0.29, 0.717) is 5.56 Å². The normalized spacial score (nSPS) is 19.5. The molecule has 4 N–H and O–H groups in total. The Morgan fingerprint density at radius 3 is 2.88 bits per heavy atom. The van der Waals surface area contributed by atoms with Crippen LogP contribution < -0.4 is 10.6 Å². The fourth-order valence-corrected chi connectivity index (χ4v) is 1.95. The first-order valence-corrected chi connectivity index (χ1v) is 5.45. The predicted molar refractivity (Wildman–Crippen MR) is 58.0 cm³/mol. The number of carbonyl (C=O) groups is 1. The van der Waals surface area contributed by atoms with Gasteiger partial charge in [-0.15, -0.1) is 0 Å². The van der Waals surface area contributed by atoms with E-state index in [1.54, 1.807) is 12.4 Å². The number of rotatable bonds is 4. The van der Waals surface area contributed by atoms with Crippen LogP contribution in [0.3, 0.4) is 0 Å². The van der Waals surface area contributed by atoms with E-state index >= 15 is 0 Å². The van der Waals surface area contributed by atoms with Crippen LogP contribution in [0.15, 0.2) is 12.4 Å². The van der Waals surface area contributed by atoms with Crippen molar-refractivity contribution in [2.75, 3.05) is 13.1 Å². The Balaban J connectivity index is 2.00. The Hall–Kier alpha value is -1.40. The average molecular weight is 224 g/mol. The second-order valence-corrected chi connectivity index (χ2v) is 3.99. The van der Waals surface area contributed by atoms with Gasteiger partial charge in [-0.1, -0.05) is 0 Å². The Morgan fingerprint density at radius 1 is 1.56 bits per heavy atom. The highest BCUT2D eigenvalue weighted by molar-refractivity contribution is 5.75. The molecular weight excluding hydrogens is 208 g/mol. The number of piperidine rings is 1. The molecule has 1 aromatic rings. The minimum Gasteiger partial charge on any atom is -0.480 e. The number of H-pyrrole nitrogens is 1. The van der Waals surface area contributed by atoms with Crippen LogP contribution in [0.5, 0.6) is 0 Å². The van der Waals surface area contributed by atoms with E-state index in [1.165, 1.54) is 0 Å². The highest BCUT2D eigenvalue weighted by Gasteiger charge is 2.24. The number of aliphatic carboxylic acids is 1. The molecule has 1 saturated heterocycles. The number of nitrogens with zero attached hydrogens (tertiary/aromatic N) is 1. The lowest BCUT2D eigenvalue weighted by molar-refractivity contribution is -0.140. The van der Waals surface area contributed by atoms with E-state index < -0.39 is 12.0 Å². The zero-order valence-corrected chi connectivity index (χ0v) is 8.94. The molecule has 1 aliphatic rings. The van der Waals surface area contributed by atoms with Crippen LogP contribution in [0.2, 0.25) is 0 Å². The summed E-state index contributed by atoms with van der Waals surface area (Å²) in [6, 6.07) is -0.404. The second kappa shape index (κ2) is 5.09. The van der Waals surface area contributed by atoms with Crippen molar-refractivity contribution in [3.63, 3.8) is 0 Å². The molecule has 0 spiro atoms. The highest BCUT2D eigenvalue weighted by atomic mass is 16.4. The topological polar surface area (TPSA) is 90.0 Å². The summed E-state index contributed by atoms with van der Waals surface area (Å²) in [5.74, 6) is -0.861. The molecule has 0 radical (unpaired) electrons. The molecular formula is C10H16N4O2. The van der Waals surface area contributed by atoms with Gasteiger partial charge in [0.2, 0.25) is 0 Å². The van der Waals surface area contributed by atoms with Crippen LogP contribution in [0.25, 0.3) is 0 Å². The largest absolute Gasteiger partial charge is 0.480 e. The summed E-state index contributed by atoms with van der Waals surface area (Å²) in [6.45, 7) is 1.88. The zero-order chi connectivity index (χ0) is 11.4. The summed E-state index contributed by atoms with van der Waals surface area (Å²) in [4.78, 5) is 11.2. The molecule has 2 rings (SSSR count). The number of aromatic nitrogens is 2. The van der Waals surface area contributed by atoms with E-state index in [-0.39, 0.29) is 6.04 Å². The number of nitrogens with one attached hydrogen (secondary N) is 3. The highest BCUT2D eigenvalue weighted by Crippen LogP contribution is 2.14. The molecule has 0 saturated carbocycles. The second-order valence-electron chi connectivity index (χ2n) is 3.99. The van der Waals surface area contributed by atoms with Crippen LogP contribution in [-0.4, -0.2) is 40.4 Å². The zero-order valence-electron chi connectivity index (χ0n) is 8.94. The fourth-order valence-electron chi connectivity index (χ4n) is 1.95. The van der Waals surface area contributed by atoms with Gasteiger partial charge in [0.15, 0.2) is 0 Å². The maximum atomic E-state index is 11.2. The van der Waals surface area contributed by atoms with Gasteiger partial charge in [-0.3, -0.25) is 15.2 Å². The van der Waals surface area contributed by atoms with Crippen molar-refractivity contribution in [3.05, 3.63) is 18.0 Å². The lowest BCUT2D eigenvalue weighted by atomic mass is 10.0. The van der Waals surface area contributed by atoms with Gasteiger partial charge in [0.05, 0.1) is 6.20 Å². The van der Waals surface area contributed by atoms with Gasteiger partial charge in [-0.25, -0.2) is 0 Å². The van der Waals surface area contributed by atoms with E-state index in [1.807, 2.05) is 0 Å². The van der Waals surface area contributed by atoms with Gasteiger partial charge in [-0.2, -0.15) is 5.10 Å². The quantitative estimate of drug-likeness (QED) is 0.572. The number of carboxylic acid groups (broad SMARTS) is 1. The molecule has 1 fully saturated rings. The smallest absolute Gasteiger partial charge is 0.325 e. The summed E-state index contributed by atoms with van der Waals surface area (Å²) < 4.78 is 0. The Morgan fingerprint density at radius 2 is 2.31 bits per heavy atom. The van der Waals surface area contributed by atoms with Crippen molar-refractivity contribution in [1.82, 2.24) is 20.8 Å². The number of aromatic amines is 1. The standard InChI is InChI=1S/C10H16N4O2/c15-10(16)9(7-5-12-13-6-7)14-8-1-3-11-4-2-8/h5-6,8-9,11,14H,1-4H2,(H,12,13)(H,15,16). The Kier molecular flexibility index (Phi) is 3.53. The third-order valence-electron chi connectivity index (χ3n) is 2.84. The van der Waals surface area contributed by atoms with Crippen LogP contribution in [-0.2, 0) is 4.79 Å². The first-order valence-electron chi connectivity index (χ1n) is 5.45. The van der Waals surface area contributed by atoms with Crippen LogP contribution >= 0.6 is 0 Å². The van der Waals surface area contributed by atoms with Crippen molar-refractivity contribution < 1.29 is 9.90 Å². The predicted octanol–water partition coefficient (Wildman–Crippen LogP) is -0.123. The first-order chi connectivity index (χ1) is 7.77. The van der Waals surface area contributed by atoms with Gasteiger partial charge in [0.1, 0.15) is 6.04 Å². The Labute approximate surface area is 93.4 Å². The number of hydrogen-bond acceptors (Lipinski definition) is 4. The summed E-state index contributed by atoms with van der Waals surface area (Å²) in [5, 5.41) is 22.0. The molecule has 0 aromatic carbocycles. The molecule has 6 heteroatoms. The van der Waals surface area contributed by atoms with Crippen LogP contribution in [0.4, 0.5) is 0 Å². The van der Waals surface area contributed by atoms with Gasteiger partial charge in [-0.05, 0) is 25.9 Å². The summed E-state index contributed by atoms with van der Waals surface area (Å²) >= 11 is 0. The molecule has 0 aliphatic carbocycles. The maximum Gasteiger partial charge on any atom is 0.325 e. The molecule has 2 heterocycles.